The molecule has 0 saturated carbocycles. The van der Waals surface area contributed by atoms with E-state index in [-0.39, 0.29) is 5.91 Å². The summed E-state index contributed by atoms with van der Waals surface area (Å²) in [6.07, 6.45) is 0. The minimum Gasteiger partial charge on any atom is -0.354 e. The Bertz CT molecular complexity index is 189. The SMILES string of the molecule is CN1CC(N2CCNC(=O)C2)C1. The van der Waals surface area contributed by atoms with E-state index in [0.29, 0.717) is 12.6 Å². The molecule has 2 aliphatic heterocycles. The van der Waals surface area contributed by atoms with Crippen LogP contribution in [0, 0.1) is 0 Å². The van der Waals surface area contributed by atoms with E-state index in [9.17, 15) is 4.79 Å². The first kappa shape index (κ1) is 8.01. The van der Waals surface area contributed by atoms with Crippen LogP contribution in [0.3, 0.4) is 0 Å². The third-order valence-electron chi connectivity index (χ3n) is 2.63. The van der Waals surface area contributed by atoms with Gasteiger partial charge in [0.2, 0.25) is 5.91 Å². The third-order valence-corrected chi connectivity index (χ3v) is 2.63. The molecule has 0 unspecified atom stereocenters. The second kappa shape index (κ2) is 3.03. The molecule has 0 bridgehead atoms. The molecule has 0 aromatic carbocycles. The number of carbonyl (C=O) groups is 1. The quantitative estimate of drug-likeness (QED) is 0.532. The van der Waals surface area contributed by atoms with Gasteiger partial charge in [0.05, 0.1) is 6.54 Å². The van der Waals surface area contributed by atoms with Gasteiger partial charge in [0.1, 0.15) is 0 Å². The van der Waals surface area contributed by atoms with Crippen molar-refractivity contribution in [1.29, 1.82) is 0 Å². The van der Waals surface area contributed by atoms with Crippen LogP contribution in [-0.2, 0) is 4.79 Å². The predicted molar refractivity (Wildman–Crippen MR) is 45.9 cm³/mol. The fraction of sp³-hybridized carbons (Fsp3) is 0.875. The van der Waals surface area contributed by atoms with Gasteiger partial charge in [0.25, 0.3) is 0 Å². The van der Waals surface area contributed by atoms with E-state index in [0.717, 1.165) is 26.2 Å². The summed E-state index contributed by atoms with van der Waals surface area (Å²) < 4.78 is 0. The third kappa shape index (κ3) is 1.44. The van der Waals surface area contributed by atoms with Crippen LogP contribution in [0.15, 0.2) is 0 Å². The van der Waals surface area contributed by atoms with Gasteiger partial charge in [-0.2, -0.15) is 0 Å². The second-order valence-electron chi connectivity index (χ2n) is 3.70. The molecule has 68 valence electrons. The van der Waals surface area contributed by atoms with Crippen molar-refractivity contribution in [2.45, 2.75) is 6.04 Å². The lowest BCUT2D eigenvalue weighted by Gasteiger charge is -2.44. The maximum absolute atomic E-state index is 11.0. The normalized spacial score (nSPS) is 28.2. The Labute approximate surface area is 72.5 Å². The van der Waals surface area contributed by atoms with Crippen molar-refractivity contribution in [3.05, 3.63) is 0 Å². The number of likely N-dealkylation sites (tertiary alicyclic amines) is 1. The molecule has 1 N–H and O–H groups in total. The Balaban J connectivity index is 1.83. The fourth-order valence-corrected chi connectivity index (χ4v) is 1.87. The number of carbonyl (C=O) groups excluding carboxylic acids is 1. The molecular weight excluding hydrogens is 154 g/mol. The smallest absolute Gasteiger partial charge is 0.234 e. The van der Waals surface area contributed by atoms with E-state index in [4.69, 9.17) is 0 Å². The largest absolute Gasteiger partial charge is 0.354 e. The van der Waals surface area contributed by atoms with Crippen LogP contribution >= 0.6 is 0 Å². The zero-order chi connectivity index (χ0) is 8.55. The molecule has 12 heavy (non-hydrogen) atoms. The first-order chi connectivity index (χ1) is 5.75. The highest BCUT2D eigenvalue weighted by atomic mass is 16.2. The monoisotopic (exact) mass is 169 g/mol. The molecule has 2 rings (SSSR count). The molecule has 4 heteroatoms. The summed E-state index contributed by atoms with van der Waals surface area (Å²) >= 11 is 0. The Morgan fingerprint density at radius 3 is 2.83 bits per heavy atom. The van der Waals surface area contributed by atoms with Crippen molar-refractivity contribution >= 4 is 5.91 Å². The summed E-state index contributed by atoms with van der Waals surface area (Å²) in [5.41, 5.74) is 0. The van der Waals surface area contributed by atoms with Crippen LogP contribution in [0.25, 0.3) is 0 Å². The van der Waals surface area contributed by atoms with E-state index >= 15 is 0 Å². The molecule has 2 fully saturated rings. The summed E-state index contributed by atoms with van der Waals surface area (Å²) in [5, 5.41) is 2.83. The fourth-order valence-electron chi connectivity index (χ4n) is 1.87. The molecule has 0 aromatic heterocycles. The number of nitrogens with zero attached hydrogens (tertiary/aromatic N) is 2. The summed E-state index contributed by atoms with van der Waals surface area (Å²) in [6.45, 7) is 4.67. The van der Waals surface area contributed by atoms with E-state index in [1.54, 1.807) is 0 Å². The highest BCUT2D eigenvalue weighted by Crippen LogP contribution is 2.12. The van der Waals surface area contributed by atoms with E-state index in [1.807, 2.05) is 0 Å². The number of nitrogens with one attached hydrogen (secondary N) is 1. The minimum atomic E-state index is 0.177. The standard InChI is InChI=1S/C8H15N3O/c1-10-4-7(5-10)11-3-2-9-8(12)6-11/h7H,2-6H2,1H3,(H,9,12). The van der Waals surface area contributed by atoms with Crippen LogP contribution in [0.2, 0.25) is 0 Å². The Morgan fingerprint density at radius 1 is 1.50 bits per heavy atom. The molecule has 0 aromatic rings. The minimum absolute atomic E-state index is 0.177. The average Bonchev–Trinajstić information content (AvgIpc) is 1.99. The van der Waals surface area contributed by atoms with Crippen molar-refractivity contribution < 1.29 is 4.79 Å². The molecule has 0 atom stereocenters. The number of hydrogen-bond acceptors (Lipinski definition) is 3. The van der Waals surface area contributed by atoms with Crippen molar-refractivity contribution in [2.24, 2.45) is 0 Å². The summed E-state index contributed by atoms with van der Waals surface area (Å²) in [7, 11) is 2.11. The van der Waals surface area contributed by atoms with E-state index in [1.165, 1.54) is 0 Å². The molecule has 0 spiro atoms. The summed E-state index contributed by atoms with van der Waals surface area (Å²) in [4.78, 5) is 15.6. The van der Waals surface area contributed by atoms with Gasteiger partial charge < -0.3 is 10.2 Å². The van der Waals surface area contributed by atoms with Crippen LogP contribution < -0.4 is 5.32 Å². The first-order valence-electron chi connectivity index (χ1n) is 4.45. The van der Waals surface area contributed by atoms with Crippen molar-refractivity contribution in [2.75, 3.05) is 39.8 Å². The number of hydrogen-bond donors (Lipinski definition) is 1. The lowest BCUT2D eigenvalue weighted by atomic mass is 10.1. The topological polar surface area (TPSA) is 35.6 Å². The number of piperazine rings is 1. The highest BCUT2D eigenvalue weighted by molar-refractivity contribution is 5.78. The summed E-state index contributed by atoms with van der Waals surface area (Å²) in [5.74, 6) is 0.177. The molecule has 2 saturated heterocycles. The lowest BCUT2D eigenvalue weighted by molar-refractivity contribution is -0.126. The van der Waals surface area contributed by atoms with Crippen LogP contribution in [-0.4, -0.2) is 61.5 Å². The van der Waals surface area contributed by atoms with E-state index in [2.05, 4.69) is 22.2 Å². The zero-order valence-corrected chi connectivity index (χ0v) is 7.42. The van der Waals surface area contributed by atoms with Crippen LogP contribution in [0.5, 0.6) is 0 Å². The molecule has 1 amide bonds. The van der Waals surface area contributed by atoms with E-state index < -0.39 is 0 Å². The average molecular weight is 169 g/mol. The van der Waals surface area contributed by atoms with Gasteiger partial charge in [-0.3, -0.25) is 9.69 Å². The van der Waals surface area contributed by atoms with Gasteiger partial charge in [-0.05, 0) is 7.05 Å². The molecule has 0 aliphatic carbocycles. The lowest BCUT2D eigenvalue weighted by Crippen LogP contribution is -2.62. The van der Waals surface area contributed by atoms with Crippen molar-refractivity contribution in [1.82, 2.24) is 15.1 Å². The number of likely N-dealkylation sites (N-methyl/N-ethyl adjacent to an activating group) is 1. The molecule has 2 aliphatic rings. The number of amides is 1. The Hall–Kier alpha value is -0.610. The van der Waals surface area contributed by atoms with Gasteiger partial charge in [-0.15, -0.1) is 0 Å². The number of rotatable bonds is 1. The summed E-state index contributed by atoms with van der Waals surface area (Å²) in [6, 6.07) is 0.626. The Morgan fingerprint density at radius 2 is 2.25 bits per heavy atom. The molecule has 2 heterocycles. The van der Waals surface area contributed by atoms with Gasteiger partial charge in [-0.1, -0.05) is 0 Å². The van der Waals surface area contributed by atoms with Crippen LogP contribution in [0.4, 0.5) is 0 Å². The molecule has 0 radical (unpaired) electrons. The first-order valence-corrected chi connectivity index (χ1v) is 4.45. The maximum Gasteiger partial charge on any atom is 0.234 e. The Kier molecular flexibility index (Phi) is 2.02. The van der Waals surface area contributed by atoms with Crippen LogP contribution in [0.1, 0.15) is 0 Å². The highest BCUT2D eigenvalue weighted by Gasteiger charge is 2.31. The maximum atomic E-state index is 11.0. The van der Waals surface area contributed by atoms with Gasteiger partial charge in [0, 0.05) is 32.2 Å². The van der Waals surface area contributed by atoms with Gasteiger partial charge in [-0.25, -0.2) is 0 Å². The van der Waals surface area contributed by atoms with Crippen molar-refractivity contribution in [3.8, 4) is 0 Å². The van der Waals surface area contributed by atoms with Gasteiger partial charge >= 0.3 is 0 Å². The second-order valence-corrected chi connectivity index (χ2v) is 3.70. The molecule has 4 nitrogen and oxygen atoms in total. The van der Waals surface area contributed by atoms with Gasteiger partial charge in [0.15, 0.2) is 0 Å². The zero-order valence-electron chi connectivity index (χ0n) is 7.42. The predicted octanol–water partition coefficient (Wildman–Crippen LogP) is -1.27. The molecular formula is C8H15N3O. The van der Waals surface area contributed by atoms with Crippen molar-refractivity contribution in [3.63, 3.8) is 0 Å².